The molecule has 0 saturated heterocycles. The molecule has 33 heavy (non-hydrogen) atoms. The van der Waals surface area contributed by atoms with Gasteiger partial charge in [-0.15, -0.1) is 0 Å². The molecule has 0 saturated carbocycles. The lowest BCUT2D eigenvalue weighted by Crippen LogP contribution is -2.42. The van der Waals surface area contributed by atoms with Gasteiger partial charge in [0.2, 0.25) is 17.7 Å². The zero-order chi connectivity index (χ0) is 23.6. The number of nitrogens with one attached hydrogen (secondary N) is 3. The van der Waals surface area contributed by atoms with Gasteiger partial charge in [0.1, 0.15) is 6.04 Å². The summed E-state index contributed by atoms with van der Waals surface area (Å²) in [6.07, 6.45) is -0.201. The van der Waals surface area contributed by atoms with Gasteiger partial charge in [0.15, 0.2) is 0 Å². The second kappa shape index (κ2) is 11.6. The third-order valence-electron chi connectivity index (χ3n) is 5.27. The molecule has 0 spiro atoms. The molecule has 7 heteroatoms. The first-order valence-corrected chi connectivity index (χ1v) is 10.7. The Bertz CT molecular complexity index is 1070. The highest BCUT2D eigenvalue weighted by molar-refractivity contribution is 5.91. The standard InChI is InChI=1S/C26H27N3O4/c1-18(16-23(30)29-33)25(31)28-24(26(32)27-17-19-8-4-2-5-9-19)22-14-12-21(13-15-22)20-10-6-3-7-11-20/h2-15,18,24,33H,16-17H2,1H3,(H,27,32)(H,28,31)(H,29,30)/t18-,24?/m1/s1. The summed E-state index contributed by atoms with van der Waals surface area (Å²) >= 11 is 0. The minimum atomic E-state index is -0.939. The van der Waals surface area contributed by atoms with Gasteiger partial charge in [-0.05, 0) is 22.3 Å². The maximum atomic E-state index is 13.1. The Labute approximate surface area is 192 Å². The van der Waals surface area contributed by atoms with E-state index in [2.05, 4.69) is 10.6 Å². The summed E-state index contributed by atoms with van der Waals surface area (Å²) in [4.78, 5) is 37.2. The number of benzene rings is 3. The molecule has 0 aliphatic carbocycles. The Morgan fingerprint density at radius 3 is 1.97 bits per heavy atom. The van der Waals surface area contributed by atoms with Gasteiger partial charge in [-0.3, -0.25) is 19.6 Å². The Morgan fingerprint density at radius 1 is 0.788 bits per heavy atom. The van der Waals surface area contributed by atoms with E-state index in [0.29, 0.717) is 12.1 Å². The van der Waals surface area contributed by atoms with Crippen molar-refractivity contribution in [2.75, 3.05) is 0 Å². The van der Waals surface area contributed by atoms with Crippen LogP contribution in [0, 0.1) is 5.92 Å². The van der Waals surface area contributed by atoms with E-state index >= 15 is 0 Å². The number of hydrogen-bond donors (Lipinski definition) is 4. The summed E-state index contributed by atoms with van der Waals surface area (Å²) in [7, 11) is 0. The summed E-state index contributed by atoms with van der Waals surface area (Å²) < 4.78 is 0. The molecule has 3 aromatic rings. The van der Waals surface area contributed by atoms with Crippen LogP contribution in [0.15, 0.2) is 84.9 Å². The molecule has 0 fully saturated rings. The van der Waals surface area contributed by atoms with Crippen molar-refractivity contribution in [3.63, 3.8) is 0 Å². The van der Waals surface area contributed by atoms with Crippen molar-refractivity contribution in [1.82, 2.24) is 16.1 Å². The number of carbonyl (C=O) groups is 3. The van der Waals surface area contributed by atoms with Gasteiger partial charge in [-0.2, -0.15) is 0 Å². The van der Waals surface area contributed by atoms with E-state index in [9.17, 15) is 14.4 Å². The van der Waals surface area contributed by atoms with E-state index < -0.39 is 23.8 Å². The molecule has 7 nitrogen and oxygen atoms in total. The third kappa shape index (κ3) is 6.75. The molecule has 3 aromatic carbocycles. The van der Waals surface area contributed by atoms with Crippen molar-refractivity contribution in [2.45, 2.75) is 25.9 Å². The lowest BCUT2D eigenvalue weighted by Gasteiger charge is -2.21. The smallest absolute Gasteiger partial charge is 0.247 e. The normalized spacial score (nSPS) is 12.3. The summed E-state index contributed by atoms with van der Waals surface area (Å²) in [5, 5.41) is 14.3. The average molecular weight is 446 g/mol. The number of carbonyl (C=O) groups excluding carboxylic acids is 3. The molecule has 0 bridgehead atoms. The van der Waals surface area contributed by atoms with Crippen LogP contribution in [0.25, 0.3) is 11.1 Å². The van der Waals surface area contributed by atoms with Gasteiger partial charge >= 0.3 is 0 Å². The average Bonchev–Trinajstić information content (AvgIpc) is 2.86. The second-order valence-electron chi connectivity index (χ2n) is 7.77. The molecule has 0 aromatic heterocycles. The van der Waals surface area contributed by atoms with Gasteiger partial charge in [0.05, 0.1) is 0 Å². The Kier molecular flexibility index (Phi) is 8.32. The van der Waals surface area contributed by atoms with Crippen molar-refractivity contribution in [1.29, 1.82) is 0 Å². The molecule has 3 rings (SSSR count). The van der Waals surface area contributed by atoms with Crippen LogP contribution in [0.3, 0.4) is 0 Å². The fourth-order valence-electron chi connectivity index (χ4n) is 3.39. The van der Waals surface area contributed by atoms with Crippen LogP contribution < -0.4 is 16.1 Å². The fourth-order valence-corrected chi connectivity index (χ4v) is 3.39. The minimum absolute atomic E-state index is 0.201. The van der Waals surface area contributed by atoms with Crippen molar-refractivity contribution in [2.24, 2.45) is 5.92 Å². The highest BCUT2D eigenvalue weighted by atomic mass is 16.5. The Balaban J connectivity index is 1.78. The molecule has 0 radical (unpaired) electrons. The molecule has 0 heterocycles. The highest BCUT2D eigenvalue weighted by Crippen LogP contribution is 2.22. The molecule has 1 unspecified atom stereocenters. The predicted molar refractivity (Wildman–Crippen MR) is 125 cm³/mol. The molecule has 0 aliphatic rings. The van der Waals surface area contributed by atoms with Crippen LogP contribution in [0.2, 0.25) is 0 Å². The summed E-state index contributed by atoms with van der Waals surface area (Å²) in [6, 6.07) is 25.8. The molecule has 3 amide bonds. The van der Waals surface area contributed by atoms with Crippen molar-refractivity contribution in [3.8, 4) is 11.1 Å². The van der Waals surface area contributed by atoms with Crippen LogP contribution in [0.5, 0.6) is 0 Å². The van der Waals surface area contributed by atoms with Gasteiger partial charge in [0.25, 0.3) is 0 Å². The second-order valence-corrected chi connectivity index (χ2v) is 7.77. The minimum Gasteiger partial charge on any atom is -0.350 e. The summed E-state index contributed by atoms with van der Waals surface area (Å²) in [5.74, 6) is -2.23. The van der Waals surface area contributed by atoms with E-state index in [1.165, 1.54) is 5.48 Å². The molecule has 4 N–H and O–H groups in total. The number of hydroxylamine groups is 1. The topological polar surface area (TPSA) is 108 Å². The van der Waals surface area contributed by atoms with E-state index in [1.807, 2.05) is 72.8 Å². The first-order valence-electron chi connectivity index (χ1n) is 10.7. The van der Waals surface area contributed by atoms with Gasteiger partial charge in [-0.25, -0.2) is 5.48 Å². The molecular formula is C26H27N3O4. The maximum Gasteiger partial charge on any atom is 0.247 e. The molecular weight excluding hydrogens is 418 g/mol. The molecule has 0 aliphatic heterocycles. The van der Waals surface area contributed by atoms with E-state index in [0.717, 1.165) is 16.7 Å². The van der Waals surface area contributed by atoms with Crippen molar-refractivity contribution >= 4 is 17.7 Å². The summed E-state index contributed by atoms with van der Waals surface area (Å²) in [5.41, 5.74) is 5.10. The third-order valence-corrected chi connectivity index (χ3v) is 5.27. The SMILES string of the molecule is C[C@H](CC(=O)NO)C(=O)NC(C(=O)NCc1ccccc1)c1ccc(-c2ccccc2)cc1. The lowest BCUT2D eigenvalue weighted by atomic mass is 9.99. The van der Waals surface area contributed by atoms with Crippen LogP contribution >= 0.6 is 0 Å². The number of hydrogen-bond acceptors (Lipinski definition) is 4. The predicted octanol–water partition coefficient (Wildman–Crippen LogP) is 3.36. The van der Waals surface area contributed by atoms with Crippen LogP contribution in [0.4, 0.5) is 0 Å². The van der Waals surface area contributed by atoms with Crippen molar-refractivity contribution < 1.29 is 19.6 Å². The first-order chi connectivity index (χ1) is 16.0. The molecule has 170 valence electrons. The van der Waals surface area contributed by atoms with Gasteiger partial charge in [0, 0.05) is 18.9 Å². The zero-order valence-electron chi connectivity index (χ0n) is 18.3. The lowest BCUT2D eigenvalue weighted by molar-refractivity contribution is -0.135. The Hall–Kier alpha value is -3.97. The van der Waals surface area contributed by atoms with Gasteiger partial charge in [-0.1, -0.05) is 91.9 Å². The van der Waals surface area contributed by atoms with E-state index in [4.69, 9.17) is 5.21 Å². The first kappa shape index (κ1) is 23.7. The Morgan fingerprint density at radius 2 is 1.36 bits per heavy atom. The molecule has 2 atom stereocenters. The van der Waals surface area contributed by atoms with Crippen molar-refractivity contribution in [3.05, 3.63) is 96.1 Å². The number of amides is 3. The maximum absolute atomic E-state index is 13.1. The van der Waals surface area contributed by atoms with Crippen LogP contribution in [-0.4, -0.2) is 22.9 Å². The van der Waals surface area contributed by atoms with Crippen LogP contribution in [0.1, 0.15) is 30.5 Å². The van der Waals surface area contributed by atoms with E-state index in [1.54, 1.807) is 19.1 Å². The number of rotatable bonds is 9. The zero-order valence-corrected chi connectivity index (χ0v) is 18.3. The highest BCUT2D eigenvalue weighted by Gasteiger charge is 2.26. The van der Waals surface area contributed by atoms with Crippen LogP contribution in [-0.2, 0) is 20.9 Å². The largest absolute Gasteiger partial charge is 0.350 e. The van der Waals surface area contributed by atoms with E-state index in [-0.39, 0.29) is 12.3 Å². The summed E-state index contributed by atoms with van der Waals surface area (Å²) in [6.45, 7) is 1.87. The monoisotopic (exact) mass is 445 g/mol. The van der Waals surface area contributed by atoms with Gasteiger partial charge < -0.3 is 10.6 Å². The quantitative estimate of drug-likeness (QED) is 0.299. The fraction of sp³-hybridized carbons (Fsp3) is 0.192.